The van der Waals surface area contributed by atoms with Crippen LogP contribution in [0.4, 0.5) is 18.0 Å². The van der Waals surface area contributed by atoms with E-state index in [4.69, 9.17) is 14.2 Å². The first kappa shape index (κ1) is 45.7. The van der Waals surface area contributed by atoms with Gasteiger partial charge in [-0.1, -0.05) is 32.4 Å². The average molecular weight is 880 g/mol. The van der Waals surface area contributed by atoms with Crippen molar-refractivity contribution in [2.75, 3.05) is 20.8 Å². The Morgan fingerprint density at radius 1 is 1.11 bits per heavy atom. The molecule has 0 unspecified atom stereocenters. The number of carboxylic acid groups (broad SMARTS) is 1. The van der Waals surface area contributed by atoms with Crippen molar-refractivity contribution < 1.29 is 60.1 Å². The van der Waals surface area contributed by atoms with Gasteiger partial charge in [-0.3, -0.25) is 24.0 Å². The smallest absolute Gasteiger partial charge is 0.408 e. The van der Waals surface area contributed by atoms with Crippen molar-refractivity contribution in [3.8, 4) is 17.5 Å². The van der Waals surface area contributed by atoms with Crippen molar-refractivity contribution in [2.45, 2.75) is 133 Å². The molecule has 4 amide bonds. The fraction of sp³-hybridized carbons (Fsp3) is 0.643. The van der Waals surface area contributed by atoms with Crippen LogP contribution in [0.3, 0.4) is 0 Å². The number of halogens is 3. The van der Waals surface area contributed by atoms with Gasteiger partial charge in [0.2, 0.25) is 33.6 Å². The van der Waals surface area contributed by atoms with E-state index in [9.17, 15) is 27.9 Å². The molecule has 1 aromatic carbocycles. The molecule has 3 fully saturated rings. The van der Waals surface area contributed by atoms with Crippen molar-refractivity contribution in [3.63, 3.8) is 0 Å². The number of hydrogen-bond donors (Lipinski definition) is 3. The minimum atomic E-state index is -4.13. The van der Waals surface area contributed by atoms with Crippen LogP contribution in [0.5, 0.6) is 17.5 Å². The molecular weight excluding hydrogens is 824 g/mol. The Bertz CT molecular complexity index is 2210. The van der Waals surface area contributed by atoms with E-state index in [0.717, 1.165) is 24.8 Å². The van der Waals surface area contributed by atoms with Crippen LogP contribution in [0.15, 0.2) is 30.4 Å². The Balaban J connectivity index is 1.46. The van der Waals surface area contributed by atoms with Gasteiger partial charge in [-0.05, 0) is 88.7 Å². The van der Waals surface area contributed by atoms with Gasteiger partial charge in [-0.25, -0.2) is 26.4 Å². The third-order valence-corrected chi connectivity index (χ3v) is 15.4. The first-order valence-corrected chi connectivity index (χ1v) is 22.1. The number of alkyl halides is 2. The van der Waals surface area contributed by atoms with Crippen molar-refractivity contribution in [2.24, 2.45) is 17.8 Å². The van der Waals surface area contributed by atoms with Gasteiger partial charge in [-0.15, -0.1) is 0 Å². The van der Waals surface area contributed by atoms with Crippen molar-refractivity contribution >= 4 is 44.6 Å². The van der Waals surface area contributed by atoms with Crippen molar-refractivity contribution in [3.05, 3.63) is 36.2 Å². The fourth-order valence-electron chi connectivity index (χ4n) is 8.55. The quantitative estimate of drug-likeness (QED) is 0.231. The van der Waals surface area contributed by atoms with E-state index in [1.54, 1.807) is 13.0 Å². The average Bonchev–Trinajstić information content (AvgIpc) is 4.06. The lowest BCUT2D eigenvalue weighted by Crippen LogP contribution is -2.67. The number of sulfonamides is 1. The zero-order valence-electron chi connectivity index (χ0n) is 35.7. The molecule has 0 bridgehead atoms. The highest BCUT2D eigenvalue weighted by Gasteiger charge is 2.63. The van der Waals surface area contributed by atoms with Gasteiger partial charge < -0.3 is 29.5 Å². The predicted octanol–water partition coefficient (Wildman–Crippen LogP) is 5.80. The number of hydrogen-bond acceptors (Lipinski definition) is 10. The van der Waals surface area contributed by atoms with Crippen LogP contribution in [0.25, 0.3) is 10.8 Å². The number of benzene rings is 1. The number of aromatic nitrogens is 1. The summed E-state index contributed by atoms with van der Waals surface area (Å²) >= 11 is 0. The van der Waals surface area contributed by atoms with Gasteiger partial charge in [0.25, 0.3) is 11.8 Å². The highest BCUT2D eigenvalue weighted by Crippen LogP contribution is 2.48. The molecule has 3 heterocycles. The molecule has 4 aliphatic rings. The van der Waals surface area contributed by atoms with Crippen LogP contribution in [-0.2, 0) is 24.4 Å². The number of carbonyl (C=O) groups excluding carboxylic acids is 3. The normalized spacial score (nSPS) is 28.1. The number of nitrogens with zero attached hydrogens (tertiary/aromatic N) is 3. The van der Waals surface area contributed by atoms with Gasteiger partial charge in [0.15, 0.2) is 11.6 Å². The fourth-order valence-corrected chi connectivity index (χ4v) is 9.87. The Kier molecular flexibility index (Phi) is 12.3. The van der Waals surface area contributed by atoms with Gasteiger partial charge in [0, 0.05) is 30.7 Å². The first-order valence-electron chi connectivity index (χ1n) is 20.6. The molecular formula is C42H56F3N5O10S. The van der Waals surface area contributed by atoms with Gasteiger partial charge >= 0.3 is 6.09 Å². The molecule has 336 valence electrons. The number of rotatable bonds is 11. The van der Waals surface area contributed by atoms with Crippen LogP contribution < -0.4 is 24.2 Å². The largest absolute Gasteiger partial charge is 0.494 e. The summed E-state index contributed by atoms with van der Waals surface area (Å²) in [7, 11) is -1.48. The molecule has 0 spiro atoms. The topological polar surface area (TPSA) is 194 Å². The predicted molar refractivity (Wildman–Crippen MR) is 217 cm³/mol. The summed E-state index contributed by atoms with van der Waals surface area (Å²) in [6, 6.07) is 0.878. The molecule has 19 heteroatoms. The molecule has 2 saturated carbocycles. The van der Waals surface area contributed by atoms with E-state index in [0.29, 0.717) is 42.9 Å². The molecule has 7 atom stereocenters. The number of fused-ring (bicyclic) bond motifs is 3. The van der Waals surface area contributed by atoms with Gasteiger partial charge in [-0.2, -0.15) is 4.98 Å². The van der Waals surface area contributed by atoms with E-state index in [1.807, 2.05) is 13.0 Å². The Morgan fingerprint density at radius 2 is 1.80 bits per heavy atom. The molecule has 1 aromatic heterocycles. The second-order valence-corrected chi connectivity index (χ2v) is 20.1. The van der Waals surface area contributed by atoms with E-state index in [2.05, 4.69) is 15.0 Å². The number of amides is 4. The summed E-state index contributed by atoms with van der Waals surface area (Å²) in [6.07, 6.45) is 2.74. The van der Waals surface area contributed by atoms with E-state index in [1.165, 1.54) is 33.3 Å². The maximum atomic E-state index is 15.5. The molecule has 0 radical (unpaired) electrons. The minimum Gasteiger partial charge on any atom is -0.494 e. The van der Waals surface area contributed by atoms with Crippen LogP contribution in [-0.4, -0.2) is 113 Å². The lowest BCUT2D eigenvalue weighted by atomic mass is 9.81. The molecule has 61 heavy (non-hydrogen) atoms. The van der Waals surface area contributed by atoms with Crippen LogP contribution >= 0.6 is 0 Å². The van der Waals surface area contributed by atoms with E-state index >= 15 is 18.0 Å². The standard InChI is InChI=1S/C42H56F3N5O10S/c1-9-24-16-23(2)12-10-11-13-26-21-42(26,37(53)48-61(56,57)40(5)14-15-40)47-34(51)30-19-27(22-49(30)36(52)33(24)50(38(54)55)39(3,4)41(6,44)45)60-35-28-20-29(43)31(58-7)17-25(28)18-32(46-35)59-8/h11,13,17-18,20,23-24,26-27,30,33H,9-10,12,14-16,19,21-22H2,1-8H3,(H,47,51)(H,48,53)(H,54,55)/t23-,24-,26-,27-,30+,33+,42-/m1/s1. The van der Waals surface area contributed by atoms with Gasteiger partial charge in [0.05, 0.1) is 25.5 Å². The summed E-state index contributed by atoms with van der Waals surface area (Å²) in [5.41, 5.74) is -4.15. The number of pyridine rings is 1. The summed E-state index contributed by atoms with van der Waals surface area (Å²) in [6.45, 7) is 7.46. The van der Waals surface area contributed by atoms with Gasteiger partial charge in [0.1, 0.15) is 29.3 Å². The molecule has 2 aliphatic heterocycles. The molecule has 6 rings (SSSR count). The zero-order valence-corrected chi connectivity index (χ0v) is 36.5. The van der Waals surface area contributed by atoms with E-state index < -0.39 is 91.4 Å². The summed E-state index contributed by atoms with van der Waals surface area (Å²) in [5.74, 6) is -8.79. The van der Waals surface area contributed by atoms with Crippen molar-refractivity contribution in [1.29, 1.82) is 0 Å². The second-order valence-electron chi connectivity index (χ2n) is 17.9. The molecule has 1 saturated heterocycles. The summed E-state index contributed by atoms with van der Waals surface area (Å²) in [4.78, 5) is 63.3. The summed E-state index contributed by atoms with van der Waals surface area (Å²) in [5, 5.41) is 14.1. The van der Waals surface area contributed by atoms with E-state index in [-0.39, 0.29) is 61.0 Å². The minimum absolute atomic E-state index is 0.0469. The maximum Gasteiger partial charge on any atom is 0.408 e. The van der Waals surface area contributed by atoms with Crippen LogP contribution in [0.1, 0.15) is 92.9 Å². The molecule has 15 nitrogen and oxygen atoms in total. The number of methoxy groups -OCH3 is 2. The maximum absolute atomic E-state index is 15.5. The zero-order chi connectivity index (χ0) is 45.0. The monoisotopic (exact) mass is 879 g/mol. The SMILES string of the molecule is CC[C@@H]1C[C@H](C)CCC=C[C@@H]2C[C@@]2(C(=O)NS(=O)(=O)C2(C)CC2)NC(=O)[C@@H]2C[C@@H](Oc3nc(OC)cc4cc(OC)c(F)cc34)CN2C(=O)[C@H]1N(C(=O)O)C(C)(C)C(C)(F)F. The second kappa shape index (κ2) is 16.5. The summed E-state index contributed by atoms with van der Waals surface area (Å²) < 4.78 is 90.6. The van der Waals surface area contributed by atoms with Crippen LogP contribution in [0, 0.1) is 23.6 Å². The molecule has 2 aliphatic carbocycles. The number of carbonyl (C=O) groups is 4. The first-order chi connectivity index (χ1) is 28.4. The highest BCUT2D eigenvalue weighted by molar-refractivity contribution is 7.91. The Morgan fingerprint density at radius 3 is 2.39 bits per heavy atom. The third kappa shape index (κ3) is 8.67. The highest BCUT2D eigenvalue weighted by atomic mass is 32.2. The third-order valence-electron chi connectivity index (χ3n) is 13.3. The lowest BCUT2D eigenvalue weighted by molar-refractivity contribution is -0.157. The Labute approximate surface area is 353 Å². The Hall–Kier alpha value is -4.81. The number of allylic oxidation sites excluding steroid dienone is 1. The molecule has 3 N–H and O–H groups in total. The lowest BCUT2D eigenvalue weighted by Gasteiger charge is -2.47. The molecule has 2 aromatic rings. The number of nitrogens with one attached hydrogen (secondary N) is 2. The number of ether oxygens (including phenoxy) is 3. The van der Waals surface area contributed by atoms with Crippen LogP contribution in [0.2, 0.25) is 0 Å². The van der Waals surface area contributed by atoms with Crippen molar-refractivity contribution in [1.82, 2.24) is 24.8 Å².